The highest BCUT2D eigenvalue weighted by Gasteiger charge is 2.39. The highest BCUT2D eigenvalue weighted by Crippen LogP contribution is 2.21. The van der Waals surface area contributed by atoms with Crippen LogP contribution in [0.5, 0.6) is 0 Å². The van der Waals surface area contributed by atoms with Crippen molar-refractivity contribution in [1.29, 1.82) is 0 Å². The first-order valence-electron chi connectivity index (χ1n) is 18.4. The number of carboxylic acid groups (broad SMARTS) is 5. The zero-order valence-corrected chi connectivity index (χ0v) is 32.0. The molecule has 13 N–H and O–H groups in total. The number of hydrogen-bond acceptors (Lipinski definition) is 12. The Balaban J connectivity index is 1.94. The first-order chi connectivity index (χ1) is 28.2. The Bertz CT molecular complexity index is 2000. The molecule has 24 heteroatoms. The molecule has 1 aliphatic heterocycles. The molecule has 0 radical (unpaired) electrons. The Morgan fingerprint density at radius 2 is 1.20 bits per heavy atom. The molecule has 60 heavy (non-hydrogen) atoms. The monoisotopic (exact) mass is 846 g/mol. The molecule has 24 nitrogen and oxygen atoms in total. The highest BCUT2D eigenvalue weighted by molar-refractivity contribution is 5.99. The summed E-state index contributed by atoms with van der Waals surface area (Å²) < 4.78 is 0. The smallest absolute Gasteiger partial charge is 0.326 e. The van der Waals surface area contributed by atoms with Crippen molar-refractivity contribution in [3.05, 3.63) is 36.0 Å². The van der Waals surface area contributed by atoms with Crippen LogP contribution in [0.1, 0.15) is 57.4 Å². The second-order valence-electron chi connectivity index (χ2n) is 13.9. The molecule has 0 unspecified atom stereocenters. The van der Waals surface area contributed by atoms with Crippen molar-refractivity contribution in [3.8, 4) is 0 Å². The number of carbonyl (C=O) groups is 11. The third-order valence-electron chi connectivity index (χ3n) is 9.26. The second-order valence-corrected chi connectivity index (χ2v) is 13.9. The Morgan fingerprint density at radius 1 is 0.700 bits per heavy atom. The maximum Gasteiger partial charge on any atom is 0.326 e. The van der Waals surface area contributed by atoms with Crippen molar-refractivity contribution in [2.75, 3.05) is 6.54 Å². The lowest BCUT2D eigenvalue weighted by atomic mass is 10.0. The molecule has 0 spiro atoms. The molecule has 326 valence electrons. The van der Waals surface area contributed by atoms with E-state index in [1.165, 1.54) is 18.0 Å². The maximum atomic E-state index is 13.9. The SMILES string of the molecule is C[C@H](N)C(=O)N1CCC[C@H]1C(=O)N[C@@H](CC(=O)O)C(=O)N[C@@H](CCC(=O)O)C(=O)N[C@@H](Cc1c[nH]c2ccccc12)C(=O)N[C@@H](CC(=O)O)C(=O)N[C@@H](CC(=O)O)C(=O)O. The molecule has 0 saturated carbocycles. The van der Waals surface area contributed by atoms with Gasteiger partial charge in [0.05, 0.1) is 25.3 Å². The Morgan fingerprint density at radius 3 is 1.77 bits per heavy atom. The van der Waals surface area contributed by atoms with Crippen LogP contribution in [0.25, 0.3) is 10.9 Å². The number of aromatic nitrogens is 1. The Labute approximate surface area is 339 Å². The summed E-state index contributed by atoms with van der Waals surface area (Å²) in [6.07, 6.45) is -3.05. The zero-order valence-electron chi connectivity index (χ0n) is 32.0. The van der Waals surface area contributed by atoms with Crippen LogP contribution in [0.4, 0.5) is 0 Å². The maximum absolute atomic E-state index is 13.9. The number of fused-ring (bicyclic) bond motifs is 1. The van der Waals surface area contributed by atoms with Crippen LogP contribution < -0.4 is 32.3 Å². The summed E-state index contributed by atoms with van der Waals surface area (Å²) in [7, 11) is 0. The lowest BCUT2D eigenvalue weighted by molar-refractivity contribution is -0.148. The number of aliphatic carboxylic acids is 5. The number of para-hydroxylation sites is 1. The minimum atomic E-state index is -2.03. The first-order valence-corrected chi connectivity index (χ1v) is 18.4. The van der Waals surface area contributed by atoms with Gasteiger partial charge >= 0.3 is 29.8 Å². The summed E-state index contributed by atoms with van der Waals surface area (Å²) in [4.78, 5) is 142. The summed E-state index contributed by atoms with van der Waals surface area (Å²) in [5.41, 5.74) is 6.66. The molecular formula is C36H46N8O16. The first kappa shape index (κ1) is 47.3. The number of hydrogen-bond donors (Lipinski definition) is 12. The topological polar surface area (TPSA) is 394 Å². The van der Waals surface area contributed by atoms with Crippen LogP contribution in [-0.2, 0) is 59.2 Å². The predicted octanol–water partition coefficient (Wildman–Crippen LogP) is -3.15. The van der Waals surface area contributed by atoms with E-state index in [4.69, 9.17) is 10.8 Å². The number of nitrogens with zero attached hydrogens (tertiary/aromatic N) is 1. The fourth-order valence-corrected chi connectivity index (χ4v) is 6.33. The molecular weight excluding hydrogens is 800 g/mol. The van der Waals surface area contributed by atoms with Crippen LogP contribution in [-0.4, -0.2) is 150 Å². The fourth-order valence-electron chi connectivity index (χ4n) is 6.33. The van der Waals surface area contributed by atoms with Crippen molar-refractivity contribution in [2.45, 2.75) is 101 Å². The van der Waals surface area contributed by atoms with Crippen LogP contribution >= 0.6 is 0 Å². The molecule has 2 aromatic rings. The van der Waals surface area contributed by atoms with Crippen molar-refractivity contribution < 1.29 is 78.3 Å². The van der Waals surface area contributed by atoms with Crippen LogP contribution in [0.15, 0.2) is 30.5 Å². The number of H-pyrrole nitrogens is 1. The summed E-state index contributed by atoms with van der Waals surface area (Å²) in [5.74, 6) is -14.7. The van der Waals surface area contributed by atoms with Gasteiger partial charge in [-0.3, -0.25) is 47.9 Å². The quantitative estimate of drug-likeness (QED) is 0.0525. The highest BCUT2D eigenvalue weighted by atomic mass is 16.4. The Hall–Kier alpha value is -7.11. The number of nitrogens with two attached hydrogens (primary N) is 1. The molecule has 6 amide bonds. The minimum absolute atomic E-state index is 0.159. The second kappa shape index (κ2) is 21.6. The van der Waals surface area contributed by atoms with Crippen molar-refractivity contribution in [1.82, 2.24) is 36.5 Å². The van der Waals surface area contributed by atoms with Crippen LogP contribution in [0, 0.1) is 0 Å². The van der Waals surface area contributed by atoms with Crippen molar-refractivity contribution in [2.24, 2.45) is 5.73 Å². The molecule has 0 bridgehead atoms. The summed E-state index contributed by atoms with van der Waals surface area (Å²) in [6.45, 7) is 1.56. The van der Waals surface area contributed by atoms with E-state index in [9.17, 15) is 73.2 Å². The molecule has 1 aliphatic rings. The van der Waals surface area contributed by atoms with Gasteiger partial charge in [0.2, 0.25) is 35.4 Å². The van der Waals surface area contributed by atoms with Gasteiger partial charge in [0.25, 0.3) is 0 Å². The van der Waals surface area contributed by atoms with E-state index in [1.54, 1.807) is 24.3 Å². The summed E-state index contributed by atoms with van der Waals surface area (Å²) in [6, 6.07) is -4.90. The van der Waals surface area contributed by atoms with E-state index in [0.29, 0.717) is 22.9 Å². The van der Waals surface area contributed by atoms with Crippen LogP contribution in [0.3, 0.4) is 0 Å². The molecule has 2 heterocycles. The molecule has 1 aromatic heterocycles. The average molecular weight is 847 g/mol. The van der Waals surface area contributed by atoms with Crippen molar-refractivity contribution >= 4 is 76.2 Å². The van der Waals surface area contributed by atoms with Gasteiger partial charge in [-0.1, -0.05) is 18.2 Å². The van der Waals surface area contributed by atoms with E-state index < -0.39 is 146 Å². The normalized spacial score (nSPS) is 16.5. The number of rotatable bonds is 23. The van der Waals surface area contributed by atoms with E-state index in [0.717, 1.165) is 0 Å². The van der Waals surface area contributed by atoms with Gasteiger partial charge in [0.15, 0.2) is 0 Å². The van der Waals surface area contributed by atoms with E-state index in [1.807, 2.05) is 5.32 Å². The van der Waals surface area contributed by atoms with Gasteiger partial charge in [-0.2, -0.15) is 0 Å². The third-order valence-corrected chi connectivity index (χ3v) is 9.26. The van der Waals surface area contributed by atoms with E-state index in [2.05, 4.69) is 26.3 Å². The van der Waals surface area contributed by atoms with Gasteiger partial charge in [-0.05, 0) is 37.8 Å². The number of likely N-dealkylation sites (tertiary alicyclic amines) is 1. The van der Waals surface area contributed by atoms with Gasteiger partial charge in [0, 0.05) is 36.5 Å². The molecule has 1 fully saturated rings. The summed E-state index contributed by atoms with van der Waals surface area (Å²) in [5, 5.41) is 58.3. The lowest BCUT2D eigenvalue weighted by Gasteiger charge is -2.28. The van der Waals surface area contributed by atoms with E-state index >= 15 is 0 Å². The number of amides is 6. The molecule has 0 aliphatic carbocycles. The number of benzene rings is 1. The van der Waals surface area contributed by atoms with Gasteiger partial charge in [0.1, 0.15) is 36.3 Å². The van der Waals surface area contributed by atoms with Gasteiger partial charge in [-0.15, -0.1) is 0 Å². The molecule has 1 aromatic carbocycles. The van der Waals surface area contributed by atoms with Gasteiger partial charge in [-0.25, -0.2) is 4.79 Å². The van der Waals surface area contributed by atoms with Crippen LogP contribution in [0.2, 0.25) is 0 Å². The summed E-state index contributed by atoms with van der Waals surface area (Å²) >= 11 is 0. The third kappa shape index (κ3) is 13.8. The molecule has 3 rings (SSSR count). The van der Waals surface area contributed by atoms with Crippen molar-refractivity contribution in [3.63, 3.8) is 0 Å². The fraction of sp³-hybridized carbons (Fsp3) is 0.472. The number of aromatic amines is 1. The van der Waals surface area contributed by atoms with E-state index in [-0.39, 0.29) is 13.0 Å². The standard InChI is InChI=1S/C36H46N8O16/c1-16(37)35(58)44-10-4-7-25(44)34(57)42-23(13-28(49)50)32(55)39-20(8-9-26(45)46)30(53)40-21(11-17-15-38-19-6-3-2-5-18(17)19)31(54)41-22(12-27(47)48)33(56)43-24(36(59)60)14-29(51)52/h2-3,5-6,15-16,20-25,38H,4,7-14,37H2,1H3,(H,39,55)(H,40,53)(H,41,54)(H,42,57)(H,43,56)(H,45,46)(H,47,48)(H,49,50)(H,51,52)(H,59,60)/t16-,20-,21-,22-,23-,24-,25-/m0/s1. The zero-order chi connectivity index (χ0) is 44.8. The number of nitrogens with one attached hydrogen (secondary N) is 6. The van der Waals surface area contributed by atoms with Gasteiger partial charge < -0.3 is 67.7 Å². The largest absolute Gasteiger partial charge is 0.481 e. The minimum Gasteiger partial charge on any atom is -0.481 e. The number of carboxylic acids is 5. The molecule has 7 atom stereocenters. The average Bonchev–Trinajstić information content (AvgIpc) is 3.82. The Kier molecular flexibility index (Phi) is 17.0. The lowest BCUT2D eigenvalue weighted by Crippen LogP contribution is -2.60. The predicted molar refractivity (Wildman–Crippen MR) is 201 cm³/mol. The number of carbonyl (C=O) groups excluding carboxylic acids is 6. The molecule has 1 saturated heterocycles.